The predicted octanol–water partition coefficient (Wildman–Crippen LogP) is 2.46. The van der Waals surface area contributed by atoms with Crippen LogP contribution in [0.5, 0.6) is 0 Å². The van der Waals surface area contributed by atoms with E-state index in [9.17, 15) is 4.79 Å². The maximum atomic E-state index is 11.7. The van der Waals surface area contributed by atoms with Crippen LogP contribution in [-0.4, -0.2) is 22.5 Å². The molecule has 0 fully saturated rings. The summed E-state index contributed by atoms with van der Waals surface area (Å²) in [6, 6.07) is 9.29. The molecule has 0 aromatic carbocycles. The molecular weight excluding hydrogens is 252 g/mol. The molecule has 2 amide bonds. The molecule has 2 aromatic heterocycles. The molecule has 2 heterocycles. The van der Waals surface area contributed by atoms with Crippen molar-refractivity contribution in [2.75, 3.05) is 11.9 Å². The minimum absolute atomic E-state index is 0.251. The largest absolute Gasteiger partial charge is 0.337 e. The second kappa shape index (κ2) is 6.65. The standard InChI is InChI=1S/C15H18N4O/c1-11-9-12(2)18-14(10-11)19-15(20)17-8-6-13-5-3-4-7-16-13/h3-5,7,9-10H,6,8H2,1-2H3,(H2,17,18,19,20). The van der Waals surface area contributed by atoms with Gasteiger partial charge in [0.05, 0.1) is 0 Å². The number of aromatic nitrogens is 2. The molecule has 0 bridgehead atoms. The summed E-state index contributed by atoms with van der Waals surface area (Å²) >= 11 is 0. The van der Waals surface area contributed by atoms with Gasteiger partial charge in [0, 0.05) is 30.6 Å². The van der Waals surface area contributed by atoms with Gasteiger partial charge in [0.15, 0.2) is 0 Å². The summed E-state index contributed by atoms with van der Waals surface area (Å²) in [5.74, 6) is 0.567. The number of hydrogen-bond donors (Lipinski definition) is 2. The molecule has 0 saturated heterocycles. The lowest BCUT2D eigenvalue weighted by atomic mass is 10.2. The van der Waals surface area contributed by atoms with Crippen molar-refractivity contribution in [3.63, 3.8) is 0 Å². The molecule has 2 aromatic rings. The maximum absolute atomic E-state index is 11.7. The normalized spacial score (nSPS) is 10.1. The molecule has 0 aliphatic rings. The topological polar surface area (TPSA) is 66.9 Å². The third kappa shape index (κ3) is 4.35. The molecule has 104 valence electrons. The third-order valence-corrected chi connectivity index (χ3v) is 2.73. The monoisotopic (exact) mass is 270 g/mol. The first-order chi connectivity index (χ1) is 9.63. The second-order valence-electron chi connectivity index (χ2n) is 4.62. The van der Waals surface area contributed by atoms with Crippen LogP contribution in [0.15, 0.2) is 36.5 Å². The van der Waals surface area contributed by atoms with E-state index in [2.05, 4.69) is 20.6 Å². The fourth-order valence-electron chi connectivity index (χ4n) is 1.92. The van der Waals surface area contributed by atoms with Crippen molar-refractivity contribution in [2.45, 2.75) is 20.3 Å². The number of amides is 2. The van der Waals surface area contributed by atoms with Crippen LogP contribution in [0.25, 0.3) is 0 Å². The summed E-state index contributed by atoms with van der Waals surface area (Å²) in [5.41, 5.74) is 2.91. The van der Waals surface area contributed by atoms with Gasteiger partial charge >= 0.3 is 6.03 Å². The van der Waals surface area contributed by atoms with E-state index in [0.717, 1.165) is 17.0 Å². The molecular formula is C15H18N4O. The highest BCUT2D eigenvalue weighted by molar-refractivity contribution is 5.88. The number of nitrogens with zero attached hydrogens (tertiary/aromatic N) is 2. The Morgan fingerprint density at radius 2 is 2.10 bits per heavy atom. The van der Waals surface area contributed by atoms with Crippen LogP contribution < -0.4 is 10.6 Å². The quantitative estimate of drug-likeness (QED) is 0.896. The lowest BCUT2D eigenvalue weighted by Crippen LogP contribution is -2.31. The van der Waals surface area contributed by atoms with Gasteiger partial charge < -0.3 is 5.32 Å². The zero-order chi connectivity index (χ0) is 14.4. The van der Waals surface area contributed by atoms with E-state index in [-0.39, 0.29) is 6.03 Å². The summed E-state index contributed by atoms with van der Waals surface area (Å²) in [6.07, 6.45) is 2.45. The predicted molar refractivity (Wildman–Crippen MR) is 78.7 cm³/mol. The van der Waals surface area contributed by atoms with E-state index in [1.165, 1.54) is 0 Å². The van der Waals surface area contributed by atoms with E-state index in [1.54, 1.807) is 6.20 Å². The Hall–Kier alpha value is -2.43. The number of urea groups is 1. The Labute approximate surface area is 118 Å². The van der Waals surface area contributed by atoms with Crippen molar-refractivity contribution in [1.82, 2.24) is 15.3 Å². The molecule has 0 atom stereocenters. The average Bonchev–Trinajstić information content (AvgIpc) is 2.38. The molecule has 2 N–H and O–H groups in total. The summed E-state index contributed by atoms with van der Waals surface area (Å²) < 4.78 is 0. The first-order valence-corrected chi connectivity index (χ1v) is 6.53. The summed E-state index contributed by atoms with van der Waals surface area (Å²) in [6.45, 7) is 4.41. The van der Waals surface area contributed by atoms with Crippen LogP contribution in [0.3, 0.4) is 0 Å². The molecule has 0 spiro atoms. The van der Waals surface area contributed by atoms with E-state index in [0.29, 0.717) is 18.8 Å². The van der Waals surface area contributed by atoms with Gasteiger partial charge in [0.25, 0.3) is 0 Å². The van der Waals surface area contributed by atoms with Crippen LogP contribution in [0, 0.1) is 13.8 Å². The molecule has 0 aliphatic carbocycles. The van der Waals surface area contributed by atoms with E-state index < -0.39 is 0 Å². The molecule has 0 aliphatic heterocycles. The number of nitrogens with one attached hydrogen (secondary N) is 2. The Balaban J connectivity index is 1.81. The molecule has 5 nitrogen and oxygen atoms in total. The number of anilines is 1. The van der Waals surface area contributed by atoms with Gasteiger partial charge in [0.1, 0.15) is 5.82 Å². The van der Waals surface area contributed by atoms with Crippen molar-refractivity contribution in [3.8, 4) is 0 Å². The zero-order valence-corrected chi connectivity index (χ0v) is 11.7. The summed E-state index contributed by atoms with van der Waals surface area (Å²) in [7, 11) is 0. The van der Waals surface area contributed by atoms with Gasteiger partial charge in [-0.2, -0.15) is 0 Å². The number of rotatable bonds is 4. The number of aryl methyl sites for hydroxylation is 2. The van der Waals surface area contributed by atoms with Crippen molar-refractivity contribution >= 4 is 11.8 Å². The van der Waals surface area contributed by atoms with Crippen molar-refractivity contribution in [2.24, 2.45) is 0 Å². The van der Waals surface area contributed by atoms with Crippen molar-refractivity contribution < 1.29 is 4.79 Å². The number of carbonyl (C=O) groups excluding carboxylic acids is 1. The summed E-state index contributed by atoms with van der Waals surface area (Å²) in [5, 5.41) is 5.52. The van der Waals surface area contributed by atoms with Crippen LogP contribution in [0.1, 0.15) is 17.0 Å². The first-order valence-electron chi connectivity index (χ1n) is 6.53. The number of hydrogen-bond acceptors (Lipinski definition) is 3. The maximum Gasteiger partial charge on any atom is 0.320 e. The average molecular weight is 270 g/mol. The molecule has 20 heavy (non-hydrogen) atoms. The molecule has 5 heteroatoms. The SMILES string of the molecule is Cc1cc(C)nc(NC(=O)NCCc2ccccn2)c1. The van der Waals surface area contributed by atoms with Crippen molar-refractivity contribution in [3.05, 3.63) is 53.5 Å². The minimum atomic E-state index is -0.251. The number of pyridine rings is 2. The molecule has 0 saturated carbocycles. The minimum Gasteiger partial charge on any atom is -0.337 e. The van der Waals surface area contributed by atoms with Crippen LogP contribution in [0.2, 0.25) is 0 Å². The van der Waals surface area contributed by atoms with Crippen LogP contribution >= 0.6 is 0 Å². The smallest absolute Gasteiger partial charge is 0.320 e. The number of carbonyl (C=O) groups is 1. The van der Waals surface area contributed by atoms with E-state index in [4.69, 9.17) is 0 Å². The molecule has 0 unspecified atom stereocenters. The Morgan fingerprint density at radius 1 is 1.25 bits per heavy atom. The molecule has 0 radical (unpaired) electrons. The first kappa shape index (κ1) is 14.0. The van der Waals surface area contributed by atoms with Gasteiger partial charge in [-0.05, 0) is 43.7 Å². The zero-order valence-electron chi connectivity index (χ0n) is 11.7. The fraction of sp³-hybridized carbons (Fsp3) is 0.267. The van der Waals surface area contributed by atoms with Crippen LogP contribution in [0.4, 0.5) is 10.6 Å². The van der Waals surface area contributed by atoms with Gasteiger partial charge in [-0.25, -0.2) is 9.78 Å². The lowest BCUT2D eigenvalue weighted by molar-refractivity contribution is 0.252. The second-order valence-corrected chi connectivity index (χ2v) is 4.62. The van der Waals surface area contributed by atoms with Gasteiger partial charge in [0.2, 0.25) is 0 Å². The van der Waals surface area contributed by atoms with Gasteiger partial charge in [-0.1, -0.05) is 6.07 Å². The van der Waals surface area contributed by atoms with E-state index in [1.807, 2.05) is 44.2 Å². The lowest BCUT2D eigenvalue weighted by Gasteiger charge is -2.08. The molecule has 2 rings (SSSR count). The Kier molecular flexibility index (Phi) is 4.65. The van der Waals surface area contributed by atoms with Gasteiger partial charge in [-0.3, -0.25) is 10.3 Å². The Bertz CT molecular complexity index is 563. The highest BCUT2D eigenvalue weighted by atomic mass is 16.2. The van der Waals surface area contributed by atoms with Crippen LogP contribution in [-0.2, 0) is 6.42 Å². The summed E-state index contributed by atoms with van der Waals surface area (Å²) in [4.78, 5) is 20.2. The Morgan fingerprint density at radius 3 is 2.80 bits per heavy atom. The highest BCUT2D eigenvalue weighted by Gasteiger charge is 2.03. The highest BCUT2D eigenvalue weighted by Crippen LogP contribution is 2.08. The van der Waals surface area contributed by atoms with Crippen molar-refractivity contribution in [1.29, 1.82) is 0 Å². The fourth-order valence-corrected chi connectivity index (χ4v) is 1.92. The van der Waals surface area contributed by atoms with E-state index >= 15 is 0 Å². The third-order valence-electron chi connectivity index (χ3n) is 2.73. The van der Waals surface area contributed by atoms with Gasteiger partial charge in [-0.15, -0.1) is 0 Å².